The van der Waals surface area contributed by atoms with Crippen LogP contribution in [-0.2, 0) is 0 Å². The number of halogens is 1. The highest BCUT2D eigenvalue weighted by molar-refractivity contribution is 9.10. The van der Waals surface area contributed by atoms with Crippen molar-refractivity contribution in [2.75, 3.05) is 6.61 Å². The monoisotopic (exact) mass is 299 g/mol. The third kappa shape index (κ3) is 3.82. The molecule has 0 spiro atoms. The van der Waals surface area contributed by atoms with Crippen molar-refractivity contribution in [3.63, 3.8) is 0 Å². The zero-order valence-corrected chi connectivity index (χ0v) is 11.9. The van der Waals surface area contributed by atoms with E-state index in [9.17, 15) is 9.90 Å². The summed E-state index contributed by atoms with van der Waals surface area (Å²) < 4.78 is 0.873. The molecule has 0 aromatic heterocycles. The zero-order valence-electron chi connectivity index (χ0n) is 10.3. The summed E-state index contributed by atoms with van der Waals surface area (Å²) in [5.74, 6) is 0.0629. The van der Waals surface area contributed by atoms with Crippen LogP contribution in [0.25, 0.3) is 0 Å². The van der Waals surface area contributed by atoms with Crippen LogP contribution in [0, 0.1) is 12.8 Å². The maximum atomic E-state index is 12.0. The molecule has 0 aliphatic rings. The number of carbonyl (C=O) groups excluding carboxylic acids is 1. The molecule has 0 saturated heterocycles. The number of carbonyl (C=O) groups is 1. The first-order valence-electron chi connectivity index (χ1n) is 5.63. The lowest BCUT2D eigenvalue weighted by Gasteiger charge is -2.20. The fourth-order valence-electron chi connectivity index (χ4n) is 1.51. The Hall–Kier alpha value is -0.870. The summed E-state index contributed by atoms with van der Waals surface area (Å²) in [7, 11) is 0. The van der Waals surface area contributed by atoms with Crippen molar-refractivity contribution in [1.82, 2.24) is 5.32 Å². The van der Waals surface area contributed by atoms with Gasteiger partial charge in [0, 0.05) is 10.0 Å². The summed E-state index contributed by atoms with van der Waals surface area (Å²) in [5, 5.41) is 12.0. The Kier molecular flexibility index (Phi) is 5.15. The molecule has 4 heteroatoms. The molecular formula is C13H18BrNO2. The van der Waals surface area contributed by atoms with Crippen LogP contribution in [0.5, 0.6) is 0 Å². The van der Waals surface area contributed by atoms with E-state index in [-0.39, 0.29) is 24.5 Å². The minimum atomic E-state index is -0.208. The van der Waals surface area contributed by atoms with Crippen LogP contribution in [0.15, 0.2) is 22.7 Å². The summed E-state index contributed by atoms with van der Waals surface area (Å²) in [6.45, 7) is 5.78. The largest absolute Gasteiger partial charge is 0.394 e. The normalized spacial score (nSPS) is 12.6. The smallest absolute Gasteiger partial charge is 0.251 e. The predicted molar refractivity (Wildman–Crippen MR) is 72.1 cm³/mol. The SMILES string of the molecule is Cc1ccc(Br)cc1C(=O)N[C@H](CO)C(C)C. The fraction of sp³-hybridized carbons (Fsp3) is 0.462. The Balaban J connectivity index is 2.86. The van der Waals surface area contributed by atoms with Gasteiger partial charge in [0.2, 0.25) is 0 Å². The van der Waals surface area contributed by atoms with E-state index in [1.165, 1.54) is 0 Å². The van der Waals surface area contributed by atoms with Gasteiger partial charge < -0.3 is 10.4 Å². The first-order valence-corrected chi connectivity index (χ1v) is 6.43. The summed E-state index contributed by atoms with van der Waals surface area (Å²) in [4.78, 5) is 12.0. The lowest BCUT2D eigenvalue weighted by atomic mass is 10.0. The van der Waals surface area contributed by atoms with Crippen molar-refractivity contribution in [3.05, 3.63) is 33.8 Å². The minimum Gasteiger partial charge on any atom is -0.394 e. The molecule has 17 heavy (non-hydrogen) atoms. The van der Waals surface area contributed by atoms with Gasteiger partial charge in [-0.1, -0.05) is 35.8 Å². The van der Waals surface area contributed by atoms with Gasteiger partial charge >= 0.3 is 0 Å². The number of nitrogens with one attached hydrogen (secondary N) is 1. The van der Waals surface area contributed by atoms with Gasteiger partial charge in [0.25, 0.3) is 5.91 Å². The fourth-order valence-corrected chi connectivity index (χ4v) is 1.87. The Morgan fingerprint density at radius 2 is 2.12 bits per heavy atom. The van der Waals surface area contributed by atoms with Crippen molar-refractivity contribution in [1.29, 1.82) is 0 Å². The quantitative estimate of drug-likeness (QED) is 0.897. The second-order valence-electron chi connectivity index (χ2n) is 4.47. The first kappa shape index (κ1) is 14.2. The molecule has 0 aliphatic carbocycles. The highest BCUT2D eigenvalue weighted by Crippen LogP contribution is 2.16. The molecule has 1 rings (SSSR count). The number of aliphatic hydroxyl groups is 1. The van der Waals surface area contributed by atoms with Crippen LogP contribution in [-0.4, -0.2) is 23.7 Å². The third-order valence-corrected chi connectivity index (χ3v) is 3.26. The zero-order chi connectivity index (χ0) is 13.0. The van der Waals surface area contributed by atoms with Crippen LogP contribution in [0.1, 0.15) is 29.8 Å². The van der Waals surface area contributed by atoms with E-state index in [1.54, 1.807) is 6.07 Å². The maximum absolute atomic E-state index is 12.0. The molecule has 0 unspecified atom stereocenters. The second-order valence-corrected chi connectivity index (χ2v) is 5.38. The van der Waals surface area contributed by atoms with Crippen molar-refractivity contribution < 1.29 is 9.90 Å². The van der Waals surface area contributed by atoms with E-state index < -0.39 is 0 Å². The number of hydrogen-bond donors (Lipinski definition) is 2. The summed E-state index contributed by atoms with van der Waals surface area (Å²) in [6.07, 6.45) is 0. The molecule has 1 aromatic rings. The van der Waals surface area contributed by atoms with Gasteiger partial charge in [0.15, 0.2) is 0 Å². The molecule has 0 bridgehead atoms. The predicted octanol–water partition coefficient (Wildman–Crippen LogP) is 2.50. The van der Waals surface area contributed by atoms with Gasteiger partial charge in [0.1, 0.15) is 0 Å². The van der Waals surface area contributed by atoms with E-state index in [4.69, 9.17) is 0 Å². The maximum Gasteiger partial charge on any atom is 0.251 e. The van der Waals surface area contributed by atoms with Crippen molar-refractivity contribution in [3.8, 4) is 0 Å². The van der Waals surface area contributed by atoms with E-state index in [0.29, 0.717) is 5.56 Å². The van der Waals surface area contributed by atoms with Crippen LogP contribution in [0.4, 0.5) is 0 Å². The number of hydrogen-bond acceptors (Lipinski definition) is 2. The number of amides is 1. The van der Waals surface area contributed by atoms with Gasteiger partial charge in [-0.25, -0.2) is 0 Å². The van der Waals surface area contributed by atoms with Crippen molar-refractivity contribution in [2.24, 2.45) is 5.92 Å². The molecule has 0 radical (unpaired) electrons. The highest BCUT2D eigenvalue weighted by Gasteiger charge is 2.17. The first-order chi connectivity index (χ1) is 7.95. The van der Waals surface area contributed by atoms with Gasteiger partial charge in [-0.05, 0) is 30.5 Å². The lowest BCUT2D eigenvalue weighted by Crippen LogP contribution is -2.41. The number of rotatable bonds is 4. The number of aryl methyl sites for hydroxylation is 1. The van der Waals surface area contributed by atoms with Crippen LogP contribution in [0.2, 0.25) is 0 Å². The van der Waals surface area contributed by atoms with E-state index >= 15 is 0 Å². The van der Waals surface area contributed by atoms with Gasteiger partial charge in [-0.2, -0.15) is 0 Å². The van der Waals surface area contributed by atoms with Gasteiger partial charge in [-0.15, -0.1) is 0 Å². The molecule has 1 aromatic carbocycles. The number of benzene rings is 1. The van der Waals surface area contributed by atoms with Crippen LogP contribution < -0.4 is 5.32 Å². The molecular weight excluding hydrogens is 282 g/mol. The molecule has 0 aliphatic heterocycles. The molecule has 0 saturated carbocycles. The molecule has 3 nitrogen and oxygen atoms in total. The second kappa shape index (κ2) is 6.17. The van der Waals surface area contributed by atoms with Crippen LogP contribution >= 0.6 is 15.9 Å². The molecule has 1 amide bonds. The minimum absolute atomic E-state index is 0.0452. The Bertz CT molecular complexity index is 404. The molecule has 1 atom stereocenters. The molecule has 94 valence electrons. The average Bonchev–Trinajstić information content (AvgIpc) is 2.28. The highest BCUT2D eigenvalue weighted by atomic mass is 79.9. The molecule has 0 fully saturated rings. The van der Waals surface area contributed by atoms with E-state index in [1.807, 2.05) is 32.9 Å². The van der Waals surface area contributed by atoms with Crippen molar-refractivity contribution in [2.45, 2.75) is 26.8 Å². The molecule has 0 heterocycles. The van der Waals surface area contributed by atoms with E-state index in [2.05, 4.69) is 21.2 Å². The summed E-state index contributed by atoms with van der Waals surface area (Å²) in [6, 6.07) is 5.38. The Morgan fingerprint density at radius 1 is 1.47 bits per heavy atom. The van der Waals surface area contributed by atoms with Crippen molar-refractivity contribution >= 4 is 21.8 Å². The lowest BCUT2D eigenvalue weighted by molar-refractivity contribution is 0.0896. The topological polar surface area (TPSA) is 49.3 Å². The van der Waals surface area contributed by atoms with Gasteiger partial charge in [-0.3, -0.25) is 4.79 Å². The summed E-state index contributed by atoms with van der Waals surface area (Å²) in [5.41, 5.74) is 1.56. The standard InChI is InChI=1S/C13H18BrNO2/c1-8(2)12(7-16)15-13(17)11-6-10(14)5-4-9(11)3/h4-6,8,12,16H,7H2,1-3H3,(H,15,17)/t12-/m1/s1. The summed E-state index contributed by atoms with van der Waals surface area (Å²) >= 11 is 3.35. The van der Waals surface area contributed by atoms with Crippen LogP contribution in [0.3, 0.4) is 0 Å². The van der Waals surface area contributed by atoms with E-state index in [0.717, 1.165) is 10.0 Å². The number of aliphatic hydroxyl groups excluding tert-OH is 1. The Labute approximate surface area is 110 Å². The molecule has 2 N–H and O–H groups in total. The third-order valence-electron chi connectivity index (χ3n) is 2.76. The Morgan fingerprint density at radius 3 is 2.65 bits per heavy atom. The average molecular weight is 300 g/mol. The van der Waals surface area contributed by atoms with Gasteiger partial charge in [0.05, 0.1) is 12.6 Å².